The Hall–Kier alpha value is -3.76. The van der Waals surface area contributed by atoms with E-state index in [2.05, 4.69) is 5.32 Å². The molecule has 0 radical (unpaired) electrons. The molecule has 40 heavy (non-hydrogen) atoms. The molecule has 1 N–H and O–H groups in total. The zero-order valence-corrected chi connectivity index (χ0v) is 24.5. The van der Waals surface area contributed by atoms with Crippen LogP contribution in [0.25, 0.3) is 0 Å². The fourth-order valence-corrected chi connectivity index (χ4v) is 5.50. The summed E-state index contributed by atoms with van der Waals surface area (Å²) in [6.07, 6.45) is 0.729. The molecule has 3 rings (SSSR count). The van der Waals surface area contributed by atoms with E-state index in [-0.39, 0.29) is 23.0 Å². The Kier molecular flexibility index (Phi) is 10.8. The highest BCUT2D eigenvalue weighted by molar-refractivity contribution is 7.92. The summed E-state index contributed by atoms with van der Waals surface area (Å²) in [6.45, 7) is 3.51. The minimum Gasteiger partial charge on any atom is -0.497 e. The van der Waals surface area contributed by atoms with Gasteiger partial charge in [0.05, 0.1) is 24.8 Å². The zero-order valence-electron chi connectivity index (χ0n) is 23.0. The summed E-state index contributed by atoms with van der Waals surface area (Å²) in [5.41, 5.74) is 0.969. The molecule has 0 fully saturated rings. The summed E-state index contributed by atoms with van der Waals surface area (Å²) >= 11 is 6.06. The normalized spacial score (nSPS) is 11.8. The van der Waals surface area contributed by atoms with Crippen LogP contribution in [0.2, 0.25) is 5.02 Å². The van der Waals surface area contributed by atoms with Gasteiger partial charge in [0.15, 0.2) is 0 Å². The number of hydrogen-bond acceptors (Lipinski definition) is 6. The van der Waals surface area contributed by atoms with Gasteiger partial charge in [0, 0.05) is 18.1 Å². The van der Waals surface area contributed by atoms with Crippen LogP contribution in [-0.2, 0) is 26.2 Å². The molecule has 0 heterocycles. The van der Waals surface area contributed by atoms with E-state index in [1.54, 1.807) is 37.3 Å². The minimum atomic E-state index is -4.20. The summed E-state index contributed by atoms with van der Waals surface area (Å²) in [7, 11) is -1.18. The molecule has 3 aromatic carbocycles. The standard InChI is InChI=1S/C29H34ClN3O6S/c1-5-17-31-29(35)21(2)32(19-22-7-6-8-26(18-22)39-4)28(34)20-33(24-11-9-23(30)10-12-24)40(36,37)27-15-13-25(38-3)14-16-27/h6-16,18,21H,5,17,19-20H2,1-4H3,(H,31,35). The second kappa shape index (κ2) is 14.0. The molecule has 0 bridgehead atoms. The number of rotatable bonds is 13. The lowest BCUT2D eigenvalue weighted by Gasteiger charge is -2.32. The van der Waals surface area contributed by atoms with Crippen LogP contribution >= 0.6 is 11.6 Å². The van der Waals surface area contributed by atoms with Crippen molar-refractivity contribution in [2.45, 2.75) is 37.8 Å². The maximum absolute atomic E-state index is 13.9. The van der Waals surface area contributed by atoms with Gasteiger partial charge in [-0.2, -0.15) is 0 Å². The molecule has 0 aliphatic carbocycles. The van der Waals surface area contributed by atoms with Crippen LogP contribution in [0.1, 0.15) is 25.8 Å². The highest BCUT2D eigenvalue weighted by Crippen LogP contribution is 2.27. The minimum absolute atomic E-state index is 0.0240. The van der Waals surface area contributed by atoms with Crippen LogP contribution in [0.15, 0.2) is 77.7 Å². The maximum atomic E-state index is 13.9. The van der Waals surface area contributed by atoms with Crippen molar-refractivity contribution in [3.8, 4) is 11.5 Å². The van der Waals surface area contributed by atoms with Crippen LogP contribution in [0.5, 0.6) is 11.5 Å². The van der Waals surface area contributed by atoms with Crippen molar-refractivity contribution in [1.82, 2.24) is 10.2 Å². The van der Waals surface area contributed by atoms with E-state index in [4.69, 9.17) is 21.1 Å². The summed E-state index contributed by atoms with van der Waals surface area (Å²) in [5, 5.41) is 3.23. The van der Waals surface area contributed by atoms with Crippen LogP contribution in [0.3, 0.4) is 0 Å². The third-order valence-electron chi connectivity index (χ3n) is 6.24. The van der Waals surface area contributed by atoms with Gasteiger partial charge in [-0.1, -0.05) is 30.7 Å². The van der Waals surface area contributed by atoms with E-state index in [1.165, 1.54) is 55.5 Å². The number of methoxy groups -OCH3 is 2. The molecule has 0 spiro atoms. The Morgan fingerprint density at radius 2 is 1.60 bits per heavy atom. The van der Waals surface area contributed by atoms with Crippen LogP contribution in [0, 0.1) is 0 Å². The molecule has 9 nitrogen and oxygen atoms in total. The second-order valence-electron chi connectivity index (χ2n) is 9.00. The quantitative estimate of drug-likeness (QED) is 0.316. The smallest absolute Gasteiger partial charge is 0.264 e. The average Bonchev–Trinajstić information content (AvgIpc) is 2.97. The van der Waals surface area contributed by atoms with Crippen molar-refractivity contribution in [3.63, 3.8) is 0 Å². The van der Waals surface area contributed by atoms with Gasteiger partial charge in [0.2, 0.25) is 11.8 Å². The van der Waals surface area contributed by atoms with E-state index in [9.17, 15) is 18.0 Å². The predicted octanol–water partition coefficient (Wildman–Crippen LogP) is 4.50. The maximum Gasteiger partial charge on any atom is 0.264 e. The first kappa shape index (κ1) is 30.8. The van der Waals surface area contributed by atoms with Crippen molar-refractivity contribution in [2.24, 2.45) is 0 Å². The Labute approximate surface area is 240 Å². The summed E-state index contributed by atoms with van der Waals surface area (Å²) < 4.78 is 39.2. The van der Waals surface area contributed by atoms with Crippen LogP contribution < -0.4 is 19.1 Å². The molecule has 0 aromatic heterocycles. The number of nitrogens with zero attached hydrogens (tertiary/aromatic N) is 2. The Morgan fingerprint density at radius 1 is 0.950 bits per heavy atom. The molecule has 1 unspecified atom stereocenters. The van der Waals surface area contributed by atoms with Gasteiger partial charge in [0.1, 0.15) is 24.1 Å². The molecular formula is C29H34ClN3O6S. The van der Waals surface area contributed by atoms with Gasteiger partial charge in [-0.25, -0.2) is 8.42 Å². The number of sulfonamides is 1. The number of carbonyl (C=O) groups is 2. The highest BCUT2D eigenvalue weighted by atomic mass is 35.5. The molecule has 11 heteroatoms. The molecule has 214 valence electrons. The number of anilines is 1. The molecule has 0 saturated carbocycles. The number of halogens is 1. The van der Waals surface area contributed by atoms with Crippen molar-refractivity contribution in [1.29, 1.82) is 0 Å². The largest absolute Gasteiger partial charge is 0.497 e. The Balaban J connectivity index is 2.02. The lowest BCUT2D eigenvalue weighted by molar-refractivity contribution is -0.139. The third-order valence-corrected chi connectivity index (χ3v) is 8.28. The van der Waals surface area contributed by atoms with Crippen molar-refractivity contribution in [3.05, 3.63) is 83.4 Å². The lowest BCUT2D eigenvalue weighted by atomic mass is 10.1. The lowest BCUT2D eigenvalue weighted by Crippen LogP contribution is -2.51. The number of nitrogens with one attached hydrogen (secondary N) is 1. The van der Waals surface area contributed by atoms with E-state index >= 15 is 0 Å². The number of amides is 2. The second-order valence-corrected chi connectivity index (χ2v) is 11.3. The first-order valence-corrected chi connectivity index (χ1v) is 14.5. The Morgan fingerprint density at radius 3 is 2.20 bits per heavy atom. The number of hydrogen-bond donors (Lipinski definition) is 1. The number of carbonyl (C=O) groups excluding carboxylic acids is 2. The average molecular weight is 588 g/mol. The predicted molar refractivity (Wildman–Crippen MR) is 155 cm³/mol. The van der Waals surface area contributed by atoms with Crippen LogP contribution in [-0.4, -0.2) is 58.5 Å². The van der Waals surface area contributed by atoms with E-state index < -0.39 is 28.5 Å². The molecular weight excluding hydrogens is 554 g/mol. The highest BCUT2D eigenvalue weighted by Gasteiger charge is 2.32. The Bertz CT molecular complexity index is 1400. The third kappa shape index (κ3) is 7.67. The van der Waals surface area contributed by atoms with Gasteiger partial charge in [-0.05, 0) is 79.6 Å². The van der Waals surface area contributed by atoms with Crippen molar-refractivity contribution < 1.29 is 27.5 Å². The van der Waals surface area contributed by atoms with Gasteiger partial charge in [0.25, 0.3) is 10.0 Å². The number of benzene rings is 3. The summed E-state index contributed by atoms with van der Waals surface area (Å²) in [5.74, 6) is 0.186. The van der Waals surface area contributed by atoms with E-state index in [1.807, 2.05) is 13.0 Å². The van der Waals surface area contributed by atoms with Crippen molar-refractivity contribution >= 4 is 39.1 Å². The first-order chi connectivity index (χ1) is 19.1. The van der Waals surface area contributed by atoms with Gasteiger partial charge in [-0.3, -0.25) is 13.9 Å². The molecule has 3 aromatic rings. The SMILES string of the molecule is CCCNC(=O)C(C)N(Cc1cccc(OC)c1)C(=O)CN(c1ccc(Cl)cc1)S(=O)(=O)c1ccc(OC)cc1. The monoisotopic (exact) mass is 587 g/mol. The number of ether oxygens (including phenoxy) is 2. The zero-order chi connectivity index (χ0) is 29.3. The molecule has 0 aliphatic rings. The summed E-state index contributed by atoms with van der Waals surface area (Å²) in [6, 6.07) is 18.3. The molecule has 1 atom stereocenters. The molecule has 0 aliphatic heterocycles. The fraction of sp³-hybridized carbons (Fsp3) is 0.310. The van der Waals surface area contributed by atoms with Gasteiger partial charge >= 0.3 is 0 Å². The summed E-state index contributed by atoms with van der Waals surface area (Å²) in [4.78, 5) is 28.2. The first-order valence-electron chi connectivity index (χ1n) is 12.7. The van der Waals surface area contributed by atoms with E-state index in [0.717, 1.165) is 16.3 Å². The van der Waals surface area contributed by atoms with Gasteiger partial charge in [-0.15, -0.1) is 0 Å². The molecule has 0 saturated heterocycles. The van der Waals surface area contributed by atoms with Crippen molar-refractivity contribution in [2.75, 3.05) is 31.6 Å². The topological polar surface area (TPSA) is 105 Å². The molecule has 2 amide bonds. The van der Waals surface area contributed by atoms with E-state index in [0.29, 0.717) is 23.1 Å². The van der Waals surface area contributed by atoms with Gasteiger partial charge < -0.3 is 19.7 Å². The fourth-order valence-electron chi connectivity index (χ4n) is 3.96. The van der Waals surface area contributed by atoms with Crippen LogP contribution in [0.4, 0.5) is 5.69 Å².